The van der Waals surface area contributed by atoms with Gasteiger partial charge in [0.15, 0.2) is 5.78 Å². The van der Waals surface area contributed by atoms with E-state index in [0.717, 1.165) is 4.47 Å². The number of thiophene rings is 1. The van der Waals surface area contributed by atoms with Crippen molar-refractivity contribution in [2.75, 3.05) is 0 Å². The molecule has 0 radical (unpaired) electrons. The molecule has 0 spiro atoms. The smallest absolute Gasteiger partial charge is 0.166 e. The van der Waals surface area contributed by atoms with E-state index < -0.39 is 6.10 Å². The number of ketones is 1. The SMILES string of the molecule is CCC(=O)C(O)c1cc(Br)cs1. The van der Waals surface area contributed by atoms with Crippen molar-refractivity contribution in [3.05, 3.63) is 20.8 Å². The molecule has 1 aromatic rings. The summed E-state index contributed by atoms with van der Waals surface area (Å²) in [6.45, 7) is 1.74. The summed E-state index contributed by atoms with van der Waals surface area (Å²) in [7, 11) is 0. The summed E-state index contributed by atoms with van der Waals surface area (Å²) < 4.78 is 0.908. The minimum atomic E-state index is -0.939. The maximum atomic E-state index is 11.1. The fourth-order valence-corrected chi connectivity index (χ4v) is 2.27. The Hall–Kier alpha value is -0.190. The molecule has 1 N–H and O–H groups in total. The highest BCUT2D eigenvalue weighted by atomic mass is 79.9. The average molecular weight is 249 g/mol. The van der Waals surface area contributed by atoms with E-state index in [9.17, 15) is 9.90 Å². The average Bonchev–Trinajstić information content (AvgIpc) is 2.49. The van der Waals surface area contributed by atoms with Gasteiger partial charge in [0.05, 0.1) is 0 Å². The molecule has 0 aromatic carbocycles. The van der Waals surface area contributed by atoms with Crippen LogP contribution in [0.25, 0.3) is 0 Å². The molecule has 66 valence electrons. The molecule has 0 amide bonds. The number of carbonyl (C=O) groups is 1. The second-order valence-electron chi connectivity index (χ2n) is 2.39. The molecule has 0 saturated heterocycles. The minimum Gasteiger partial charge on any atom is -0.380 e. The van der Waals surface area contributed by atoms with E-state index in [-0.39, 0.29) is 5.78 Å². The van der Waals surface area contributed by atoms with Crippen LogP contribution in [0.1, 0.15) is 24.3 Å². The van der Waals surface area contributed by atoms with Crippen LogP contribution in [0.5, 0.6) is 0 Å². The zero-order valence-corrected chi connectivity index (χ0v) is 8.98. The summed E-state index contributed by atoms with van der Waals surface area (Å²) in [4.78, 5) is 11.8. The second kappa shape index (κ2) is 4.16. The highest BCUT2D eigenvalue weighted by Crippen LogP contribution is 2.26. The van der Waals surface area contributed by atoms with E-state index in [1.807, 2.05) is 5.38 Å². The quantitative estimate of drug-likeness (QED) is 0.893. The first-order chi connectivity index (χ1) is 5.65. The Morgan fingerprint density at radius 3 is 2.92 bits per heavy atom. The van der Waals surface area contributed by atoms with Crippen LogP contribution in [-0.4, -0.2) is 10.9 Å². The van der Waals surface area contributed by atoms with Crippen LogP contribution in [0.3, 0.4) is 0 Å². The Morgan fingerprint density at radius 1 is 1.83 bits per heavy atom. The molecule has 12 heavy (non-hydrogen) atoms. The van der Waals surface area contributed by atoms with Crippen LogP contribution in [0.2, 0.25) is 0 Å². The van der Waals surface area contributed by atoms with Crippen molar-refractivity contribution in [3.8, 4) is 0 Å². The molecular weight excluding hydrogens is 240 g/mol. The third kappa shape index (κ3) is 2.15. The lowest BCUT2D eigenvalue weighted by atomic mass is 10.1. The predicted octanol–water partition coefficient (Wildman–Crippen LogP) is 2.52. The van der Waals surface area contributed by atoms with Gasteiger partial charge >= 0.3 is 0 Å². The molecule has 0 fully saturated rings. The standard InChI is InChI=1S/C8H9BrO2S/c1-2-6(10)8(11)7-3-5(9)4-12-7/h3-4,8,11H,2H2,1H3. The maximum absolute atomic E-state index is 11.1. The van der Waals surface area contributed by atoms with E-state index >= 15 is 0 Å². The number of halogens is 1. The van der Waals surface area contributed by atoms with Crippen molar-refractivity contribution >= 4 is 33.0 Å². The molecular formula is C8H9BrO2S. The molecule has 0 aliphatic heterocycles. The number of Topliss-reactive ketones (excluding diaryl/α,β-unsaturated/α-hetero) is 1. The first-order valence-electron chi connectivity index (χ1n) is 3.60. The number of hydrogen-bond donors (Lipinski definition) is 1. The van der Waals surface area contributed by atoms with Crippen LogP contribution in [0, 0.1) is 0 Å². The number of carbonyl (C=O) groups excluding carboxylic acids is 1. The third-order valence-electron chi connectivity index (χ3n) is 1.51. The fourth-order valence-electron chi connectivity index (χ4n) is 0.824. The molecule has 0 saturated carbocycles. The van der Waals surface area contributed by atoms with Crippen LogP contribution in [0.4, 0.5) is 0 Å². The number of rotatable bonds is 3. The van der Waals surface area contributed by atoms with Gasteiger partial charge in [-0.25, -0.2) is 0 Å². The summed E-state index contributed by atoms with van der Waals surface area (Å²) in [5.41, 5.74) is 0. The second-order valence-corrected chi connectivity index (χ2v) is 4.25. The van der Waals surface area contributed by atoms with E-state index in [1.54, 1.807) is 13.0 Å². The van der Waals surface area contributed by atoms with Gasteiger partial charge in [-0.3, -0.25) is 4.79 Å². The van der Waals surface area contributed by atoms with Gasteiger partial charge in [0, 0.05) is 21.2 Å². The summed E-state index contributed by atoms with van der Waals surface area (Å²) >= 11 is 4.64. The molecule has 1 atom stereocenters. The highest BCUT2D eigenvalue weighted by molar-refractivity contribution is 9.10. The lowest BCUT2D eigenvalue weighted by Crippen LogP contribution is -2.08. The number of aliphatic hydroxyl groups excluding tert-OH is 1. The van der Waals surface area contributed by atoms with Crippen molar-refractivity contribution in [3.63, 3.8) is 0 Å². The Kier molecular flexibility index (Phi) is 3.43. The first kappa shape index (κ1) is 9.89. The zero-order chi connectivity index (χ0) is 9.14. The van der Waals surface area contributed by atoms with Crippen molar-refractivity contribution in [2.24, 2.45) is 0 Å². The molecule has 1 rings (SSSR count). The van der Waals surface area contributed by atoms with Crippen molar-refractivity contribution in [2.45, 2.75) is 19.4 Å². The zero-order valence-electron chi connectivity index (χ0n) is 6.58. The normalized spacial score (nSPS) is 12.9. The number of aliphatic hydroxyl groups is 1. The molecule has 0 aliphatic carbocycles. The molecule has 1 unspecified atom stereocenters. The lowest BCUT2D eigenvalue weighted by Gasteiger charge is -2.03. The molecule has 0 aliphatic rings. The predicted molar refractivity (Wildman–Crippen MR) is 52.3 cm³/mol. The Bertz CT molecular complexity index is 282. The van der Waals surface area contributed by atoms with E-state index in [0.29, 0.717) is 11.3 Å². The topological polar surface area (TPSA) is 37.3 Å². The third-order valence-corrected chi connectivity index (χ3v) is 3.26. The van der Waals surface area contributed by atoms with Gasteiger partial charge in [-0.1, -0.05) is 6.92 Å². The van der Waals surface area contributed by atoms with Crippen LogP contribution in [-0.2, 0) is 4.79 Å². The van der Waals surface area contributed by atoms with E-state index in [2.05, 4.69) is 15.9 Å². The molecule has 1 aromatic heterocycles. The van der Waals surface area contributed by atoms with Crippen LogP contribution in [0.15, 0.2) is 15.9 Å². The van der Waals surface area contributed by atoms with E-state index in [1.165, 1.54) is 11.3 Å². The van der Waals surface area contributed by atoms with Crippen molar-refractivity contribution in [1.82, 2.24) is 0 Å². The summed E-state index contributed by atoms with van der Waals surface area (Å²) in [6.07, 6.45) is -0.567. The summed E-state index contributed by atoms with van der Waals surface area (Å²) in [6, 6.07) is 1.77. The monoisotopic (exact) mass is 248 g/mol. The van der Waals surface area contributed by atoms with E-state index in [4.69, 9.17) is 0 Å². The summed E-state index contributed by atoms with van der Waals surface area (Å²) in [5.74, 6) is -0.135. The lowest BCUT2D eigenvalue weighted by molar-refractivity contribution is -0.126. The first-order valence-corrected chi connectivity index (χ1v) is 5.27. The van der Waals surface area contributed by atoms with Gasteiger partial charge in [-0.05, 0) is 22.0 Å². The van der Waals surface area contributed by atoms with Crippen LogP contribution >= 0.6 is 27.3 Å². The van der Waals surface area contributed by atoms with Crippen molar-refractivity contribution < 1.29 is 9.90 Å². The van der Waals surface area contributed by atoms with Gasteiger partial charge in [0.2, 0.25) is 0 Å². The number of hydrogen-bond acceptors (Lipinski definition) is 3. The maximum Gasteiger partial charge on any atom is 0.166 e. The Labute approximate surface area is 83.4 Å². The van der Waals surface area contributed by atoms with Gasteiger partial charge in [0.1, 0.15) is 6.10 Å². The fraction of sp³-hybridized carbons (Fsp3) is 0.375. The van der Waals surface area contributed by atoms with Crippen LogP contribution < -0.4 is 0 Å². The van der Waals surface area contributed by atoms with Crippen molar-refractivity contribution in [1.29, 1.82) is 0 Å². The summed E-state index contributed by atoms with van der Waals surface area (Å²) in [5, 5.41) is 11.3. The molecule has 1 heterocycles. The Morgan fingerprint density at radius 2 is 2.50 bits per heavy atom. The molecule has 2 nitrogen and oxygen atoms in total. The Balaban J connectivity index is 2.77. The molecule has 4 heteroatoms. The highest BCUT2D eigenvalue weighted by Gasteiger charge is 2.16. The molecule has 0 bridgehead atoms. The van der Waals surface area contributed by atoms with Gasteiger partial charge in [-0.15, -0.1) is 11.3 Å². The largest absolute Gasteiger partial charge is 0.380 e. The minimum absolute atomic E-state index is 0.135. The van der Waals surface area contributed by atoms with Gasteiger partial charge in [-0.2, -0.15) is 0 Å². The van der Waals surface area contributed by atoms with Gasteiger partial charge < -0.3 is 5.11 Å². The van der Waals surface area contributed by atoms with Gasteiger partial charge in [0.25, 0.3) is 0 Å².